The third-order valence-corrected chi connectivity index (χ3v) is 8.38. The molecule has 0 bridgehead atoms. The molecule has 2 amide bonds. The number of hydrogen-bond acceptors (Lipinski definition) is 4. The van der Waals surface area contributed by atoms with E-state index in [9.17, 15) is 22.4 Å². The first-order chi connectivity index (χ1) is 17.5. The highest BCUT2D eigenvalue weighted by Gasteiger charge is 2.33. The van der Waals surface area contributed by atoms with E-state index in [0.717, 1.165) is 14.8 Å². The number of sulfonamides is 1. The molecule has 0 saturated carbocycles. The molecule has 3 aromatic rings. The largest absolute Gasteiger partial charge is 0.357 e. The van der Waals surface area contributed by atoms with Gasteiger partial charge in [-0.05, 0) is 44.2 Å². The van der Waals surface area contributed by atoms with Crippen molar-refractivity contribution in [2.24, 2.45) is 0 Å². The van der Waals surface area contributed by atoms with E-state index in [1.54, 1.807) is 18.2 Å². The summed E-state index contributed by atoms with van der Waals surface area (Å²) >= 11 is 12.5. The van der Waals surface area contributed by atoms with Crippen LogP contribution in [0.3, 0.4) is 0 Å². The summed E-state index contributed by atoms with van der Waals surface area (Å²) in [6.45, 7) is 2.31. The third-order valence-electron chi connectivity index (χ3n) is 5.80. The molecule has 0 saturated heterocycles. The van der Waals surface area contributed by atoms with Gasteiger partial charge in [-0.1, -0.05) is 65.2 Å². The number of aryl methyl sites for hydroxylation is 1. The molecular formula is C26H26Cl2FN3O4S. The van der Waals surface area contributed by atoms with E-state index in [2.05, 4.69) is 5.32 Å². The summed E-state index contributed by atoms with van der Waals surface area (Å²) < 4.78 is 42.8. The predicted octanol–water partition coefficient (Wildman–Crippen LogP) is 4.80. The summed E-state index contributed by atoms with van der Waals surface area (Å²) in [6, 6.07) is 15.3. The van der Waals surface area contributed by atoms with Gasteiger partial charge in [-0.25, -0.2) is 12.8 Å². The molecule has 0 aromatic heterocycles. The van der Waals surface area contributed by atoms with Gasteiger partial charge in [0.25, 0.3) is 10.0 Å². The number of anilines is 1. The molecule has 11 heteroatoms. The monoisotopic (exact) mass is 565 g/mol. The molecule has 3 rings (SSSR count). The molecule has 3 aromatic carbocycles. The van der Waals surface area contributed by atoms with Gasteiger partial charge in [0.1, 0.15) is 18.4 Å². The van der Waals surface area contributed by atoms with Crippen LogP contribution in [-0.2, 0) is 26.2 Å². The van der Waals surface area contributed by atoms with Crippen LogP contribution in [0.5, 0.6) is 0 Å². The van der Waals surface area contributed by atoms with Crippen LogP contribution >= 0.6 is 23.2 Å². The molecule has 0 unspecified atom stereocenters. The highest BCUT2D eigenvalue weighted by Crippen LogP contribution is 2.35. The van der Waals surface area contributed by atoms with Gasteiger partial charge in [0.15, 0.2) is 0 Å². The van der Waals surface area contributed by atoms with E-state index in [1.165, 1.54) is 62.5 Å². The quantitative estimate of drug-likeness (QED) is 0.403. The number of nitrogens with one attached hydrogen (secondary N) is 1. The van der Waals surface area contributed by atoms with Crippen LogP contribution in [0.4, 0.5) is 10.1 Å². The Morgan fingerprint density at radius 3 is 2.27 bits per heavy atom. The normalized spacial score (nSPS) is 12.1. The van der Waals surface area contributed by atoms with E-state index in [4.69, 9.17) is 23.2 Å². The Hall–Kier alpha value is -3.14. The lowest BCUT2D eigenvalue weighted by atomic mass is 10.1. The van der Waals surface area contributed by atoms with Crippen molar-refractivity contribution in [1.29, 1.82) is 0 Å². The zero-order valence-electron chi connectivity index (χ0n) is 20.4. The Balaban J connectivity index is 2.09. The fraction of sp³-hybridized carbons (Fsp3) is 0.231. The number of rotatable bonds is 9. The molecule has 0 aliphatic carbocycles. The minimum atomic E-state index is -4.30. The molecule has 196 valence electrons. The average Bonchev–Trinajstić information content (AvgIpc) is 2.87. The van der Waals surface area contributed by atoms with Crippen molar-refractivity contribution < 1.29 is 22.4 Å². The van der Waals surface area contributed by atoms with Crippen molar-refractivity contribution in [2.45, 2.75) is 31.3 Å². The van der Waals surface area contributed by atoms with Gasteiger partial charge < -0.3 is 10.2 Å². The molecule has 0 fully saturated rings. The van der Waals surface area contributed by atoms with Crippen LogP contribution in [-0.4, -0.2) is 44.8 Å². The molecule has 0 heterocycles. The lowest BCUT2D eigenvalue weighted by Gasteiger charge is -2.32. The minimum Gasteiger partial charge on any atom is -0.357 e. The molecule has 0 spiro atoms. The van der Waals surface area contributed by atoms with Crippen molar-refractivity contribution in [3.8, 4) is 0 Å². The summed E-state index contributed by atoms with van der Waals surface area (Å²) in [5.41, 5.74) is 1.000. The van der Waals surface area contributed by atoms with Gasteiger partial charge in [-0.2, -0.15) is 0 Å². The van der Waals surface area contributed by atoms with Crippen LogP contribution in [0.2, 0.25) is 10.0 Å². The molecule has 0 aliphatic heterocycles. The number of benzene rings is 3. The smallest absolute Gasteiger partial charge is 0.264 e. The van der Waals surface area contributed by atoms with E-state index < -0.39 is 40.2 Å². The van der Waals surface area contributed by atoms with Crippen molar-refractivity contribution in [1.82, 2.24) is 10.2 Å². The maximum atomic E-state index is 14.5. The van der Waals surface area contributed by atoms with E-state index in [-0.39, 0.29) is 32.7 Å². The Kier molecular flexibility index (Phi) is 9.17. The van der Waals surface area contributed by atoms with Crippen LogP contribution < -0.4 is 9.62 Å². The van der Waals surface area contributed by atoms with E-state index in [1.807, 2.05) is 6.92 Å². The Morgan fingerprint density at radius 2 is 1.65 bits per heavy atom. The van der Waals surface area contributed by atoms with Gasteiger partial charge in [0, 0.05) is 19.2 Å². The van der Waals surface area contributed by atoms with Gasteiger partial charge in [-0.15, -0.1) is 0 Å². The maximum Gasteiger partial charge on any atom is 0.264 e. The van der Waals surface area contributed by atoms with Gasteiger partial charge >= 0.3 is 0 Å². The topological polar surface area (TPSA) is 86.8 Å². The van der Waals surface area contributed by atoms with E-state index in [0.29, 0.717) is 0 Å². The SMILES string of the molecule is CNC(=O)[C@@H](C)N(Cc1ccccc1F)C(=O)CN(c1cccc(Cl)c1Cl)S(=O)(=O)c1ccc(C)cc1. The molecule has 37 heavy (non-hydrogen) atoms. The van der Waals surface area contributed by atoms with Crippen molar-refractivity contribution >= 4 is 50.7 Å². The molecule has 0 aliphatic rings. The lowest BCUT2D eigenvalue weighted by molar-refractivity contribution is -0.139. The summed E-state index contributed by atoms with van der Waals surface area (Å²) in [6.07, 6.45) is 0. The standard InChI is InChI=1S/C26H26Cl2FN3O4S/c1-17-11-13-20(14-12-17)37(35,36)32(23-10-6-8-21(27)25(23)28)16-24(33)31(18(2)26(34)30-3)15-19-7-4-5-9-22(19)29/h4-14,18H,15-16H2,1-3H3,(H,30,34)/t18-/m1/s1. The van der Waals surface area contributed by atoms with Crippen LogP contribution in [0, 0.1) is 12.7 Å². The predicted molar refractivity (Wildman–Crippen MR) is 143 cm³/mol. The summed E-state index contributed by atoms with van der Waals surface area (Å²) in [5, 5.41) is 2.50. The maximum absolute atomic E-state index is 14.5. The lowest BCUT2D eigenvalue weighted by Crippen LogP contribution is -2.50. The second kappa shape index (κ2) is 11.9. The van der Waals surface area contributed by atoms with Gasteiger partial charge in [0.2, 0.25) is 11.8 Å². The first-order valence-corrected chi connectivity index (χ1v) is 13.4. The number of amides is 2. The fourth-order valence-corrected chi connectivity index (χ4v) is 5.51. The first-order valence-electron chi connectivity index (χ1n) is 11.2. The zero-order chi connectivity index (χ0) is 27.3. The van der Waals surface area contributed by atoms with E-state index >= 15 is 0 Å². The highest BCUT2D eigenvalue weighted by molar-refractivity contribution is 7.92. The number of likely N-dealkylation sites (N-methyl/N-ethyl adjacent to an activating group) is 1. The zero-order valence-corrected chi connectivity index (χ0v) is 22.7. The molecule has 1 N–H and O–H groups in total. The van der Waals surface area contributed by atoms with Crippen LogP contribution in [0.1, 0.15) is 18.1 Å². The Morgan fingerprint density at radius 1 is 1.00 bits per heavy atom. The second-order valence-corrected chi connectivity index (χ2v) is 10.9. The minimum absolute atomic E-state index is 0.0125. The number of nitrogens with zero attached hydrogens (tertiary/aromatic N) is 2. The Bertz CT molecular complexity index is 1400. The van der Waals surface area contributed by atoms with Gasteiger partial charge in [-0.3, -0.25) is 13.9 Å². The molecule has 7 nitrogen and oxygen atoms in total. The highest BCUT2D eigenvalue weighted by atomic mass is 35.5. The second-order valence-electron chi connectivity index (χ2n) is 8.30. The van der Waals surface area contributed by atoms with Gasteiger partial charge in [0.05, 0.1) is 20.6 Å². The van der Waals surface area contributed by atoms with Crippen LogP contribution in [0.25, 0.3) is 0 Å². The van der Waals surface area contributed by atoms with Crippen molar-refractivity contribution in [3.05, 3.63) is 93.7 Å². The molecular weight excluding hydrogens is 540 g/mol. The van der Waals surface area contributed by atoms with Crippen molar-refractivity contribution in [3.63, 3.8) is 0 Å². The Labute approximate surface area is 225 Å². The third kappa shape index (κ3) is 6.41. The summed E-state index contributed by atoms with van der Waals surface area (Å²) in [7, 11) is -2.90. The van der Waals surface area contributed by atoms with Crippen LogP contribution in [0.15, 0.2) is 71.6 Å². The molecule has 0 radical (unpaired) electrons. The summed E-state index contributed by atoms with van der Waals surface area (Å²) in [4.78, 5) is 27.2. The summed E-state index contributed by atoms with van der Waals surface area (Å²) in [5.74, 6) is -1.81. The molecule has 1 atom stereocenters. The first kappa shape index (κ1) is 28.4. The fourth-order valence-electron chi connectivity index (χ4n) is 3.64. The average molecular weight is 566 g/mol. The number of carbonyl (C=O) groups excluding carboxylic acids is 2. The number of carbonyl (C=O) groups is 2. The van der Waals surface area contributed by atoms with Crippen molar-refractivity contribution in [2.75, 3.05) is 17.9 Å². The number of halogens is 3. The number of hydrogen-bond donors (Lipinski definition) is 1.